The first-order chi connectivity index (χ1) is 9.20. The average Bonchev–Trinajstić information content (AvgIpc) is 2.73. The Hall–Kier alpha value is -1.96. The van der Waals surface area contributed by atoms with E-state index in [1.807, 2.05) is 0 Å². The van der Waals surface area contributed by atoms with E-state index in [4.69, 9.17) is 5.11 Å². The molecule has 0 fully saturated rings. The molecule has 4 nitrogen and oxygen atoms in total. The number of rotatable bonds is 2. The lowest BCUT2D eigenvalue weighted by atomic mass is 10.2. The number of aryl methyl sites for hydroxylation is 2. The molecule has 0 radical (unpaired) electrons. The van der Waals surface area contributed by atoms with Gasteiger partial charge in [-0.2, -0.15) is 13.2 Å². The molecule has 8 heteroatoms. The third kappa shape index (κ3) is 2.64. The van der Waals surface area contributed by atoms with Crippen LogP contribution in [0.25, 0.3) is 10.7 Å². The summed E-state index contributed by atoms with van der Waals surface area (Å²) in [5.41, 5.74) is 0.382. The van der Waals surface area contributed by atoms with E-state index in [1.54, 1.807) is 19.9 Å². The van der Waals surface area contributed by atoms with Crippen molar-refractivity contribution in [1.29, 1.82) is 0 Å². The van der Waals surface area contributed by atoms with Crippen LogP contribution in [0.1, 0.15) is 26.5 Å². The van der Waals surface area contributed by atoms with Crippen molar-refractivity contribution in [2.45, 2.75) is 20.0 Å². The van der Waals surface area contributed by atoms with Crippen LogP contribution in [0.4, 0.5) is 13.2 Å². The van der Waals surface area contributed by atoms with Crippen LogP contribution in [0.3, 0.4) is 0 Å². The van der Waals surface area contributed by atoms with Crippen LogP contribution in [-0.2, 0) is 6.18 Å². The summed E-state index contributed by atoms with van der Waals surface area (Å²) in [5, 5.41) is 8.80. The molecule has 106 valence electrons. The lowest BCUT2D eigenvalue weighted by Crippen LogP contribution is -2.11. The number of alkyl halides is 3. The van der Waals surface area contributed by atoms with E-state index in [2.05, 4.69) is 9.97 Å². The summed E-state index contributed by atoms with van der Waals surface area (Å²) < 4.78 is 38.3. The minimum Gasteiger partial charge on any atom is -0.477 e. The average molecular weight is 302 g/mol. The number of hydrogen-bond acceptors (Lipinski definition) is 4. The molecule has 0 aromatic carbocycles. The fraction of sp³-hybridized carbons (Fsp3) is 0.250. The molecule has 0 aliphatic carbocycles. The standard InChI is InChI=1S/C12H9F3N2O2S/c1-5-3-6(2)7(16-4-5)10-17-9(12(13,14)15)8(20-10)11(18)19/h3-4H,1-2H3,(H,18,19). The SMILES string of the molecule is Cc1cnc(-c2nc(C(F)(F)F)c(C(=O)O)s2)c(C)c1. The fourth-order valence-corrected chi connectivity index (χ4v) is 2.68. The van der Waals surface area contributed by atoms with Crippen molar-refractivity contribution < 1.29 is 23.1 Å². The maximum atomic E-state index is 12.8. The van der Waals surface area contributed by atoms with Gasteiger partial charge < -0.3 is 5.11 Å². The fourth-order valence-electron chi connectivity index (χ4n) is 1.70. The highest BCUT2D eigenvalue weighted by molar-refractivity contribution is 7.17. The molecular weight excluding hydrogens is 293 g/mol. The first-order valence-corrected chi connectivity index (χ1v) is 6.26. The zero-order valence-corrected chi connectivity index (χ0v) is 11.3. The molecule has 2 aromatic heterocycles. The Kier molecular flexibility index (Phi) is 3.51. The summed E-state index contributed by atoms with van der Waals surface area (Å²) in [6, 6.07) is 1.75. The van der Waals surface area contributed by atoms with Crippen molar-refractivity contribution in [3.8, 4) is 10.7 Å². The summed E-state index contributed by atoms with van der Waals surface area (Å²) in [5.74, 6) is -1.65. The van der Waals surface area contributed by atoms with E-state index in [-0.39, 0.29) is 10.7 Å². The second-order valence-corrected chi connectivity index (χ2v) is 5.18. The van der Waals surface area contributed by atoms with E-state index >= 15 is 0 Å². The molecule has 0 saturated heterocycles. The molecule has 2 heterocycles. The Morgan fingerprint density at radius 2 is 2.00 bits per heavy atom. The van der Waals surface area contributed by atoms with Gasteiger partial charge in [0.15, 0.2) is 5.69 Å². The first-order valence-electron chi connectivity index (χ1n) is 5.45. The first kappa shape index (κ1) is 14.4. The van der Waals surface area contributed by atoms with E-state index in [0.29, 0.717) is 16.9 Å². The van der Waals surface area contributed by atoms with Gasteiger partial charge in [-0.05, 0) is 25.0 Å². The maximum absolute atomic E-state index is 12.8. The van der Waals surface area contributed by atoms with Gasteiger partial charge in [-0.3, -0.25) is 4.98 Å². The van der Waals surface area contributed by atoms with Gasteiger partial charge in [-0.1, -0.05) is 6.07 Å². The lowest BCUT2D eigenvalue weighted by Gasteiger charge is -2.03. The molecule has 0 aliphatic heterocycles. The summed E-state index contributed by atoms with van der Waals surface area (Å²) >= 11 is 0.474. The Morgan fingerprint density at radius 3 is 2.45 bits per heavy atom. The minimum atomic E-state index is -4.80. The molecule has 0 unspecified atom stereocenters. The summed E-state index contributed by atoms with van der Waals surface area (Å²) in [7, 11) is 0. The highest BCUT2D eigenvalue weighted by atomic mass is 32.1. The van der Waals surface area contributed by atoms with Crippen LogP contribution in [0.2, 0.25) is 0 Å². The third-order valence-corrected chi connectivity index (χ3v) is 3.56. The van der Waals surface area contributed by atoms with Crippen molar-refractivity contribution in [3.63, 3.8) is 0 Å². The Bertz CT molecular complexity index is 680. The molecule has 2 rings (SSSR count). The van der Waals surface area contributed by atoms with Crippen molar-refractivity contribution in [1.82, 2.24) is 9.97 Å². The largest absolute Gasteiger partial charge is 0.477 e. The Balaban J connectivity index is 2.62. The van der Waals surface area contributed by atoms with Gasteiger partial charge in [0.2, 0.25) is 0 Å². The summed E-state index contributed by atoms with van der Waals surface area (Å²) in [6.45, 7) is 3.49. The highest BCUT2D eigenvalue weighted by Crippen LogP contribution is 2.37. The van der Waals surface area contributed by atoms with Crippen molar-refractivity contribution in [2.75, 3.05) is 0 Å². The number of carboxylic acids is 1. The molecular formula is C12H9F3N2O2S. The molecule has 0 saturated carbocycles. The number of carbonyl (C=O) groups is 1. The van der Waals surface area contributed by atoms with Gasteiger partial charge in [0, 0.05) is 6.20 Å². The normalized spacial score (nSPS) is 11.7. The lowest BCUT2D eigenvalue weighted by molar-refractivity contribution is -0.141. The number of carboxylic acid groups (broad SMARTS) is 1. The predicted molar refractivity (Wildman–Crippen MR) is 66.8 cm³/mol. The van der Waals surface area contributed by atoms with Crippen LogP contribution in [0, 0.1) is 13.8 Å². The van der Waals surface area contributed by atoms with Gasteiger partial charge in [-0.25, -0.2) is 9.78 Å². The van der Waals surface area contributed by atoms with Crippen LogP contribution in [0.15, 0.2) is 12.3 Å². The predicted octanol–water partition coefficient (Wildman–Crippen LogP) is 3.54. The Morgan fingerprint density at radius 1 is 1.35 bits per heavy atom. The number of hydrogen-bond donors (Lipinski definition) is 1. The van der Waals surface area contributed by atoms with E-state index in [9.17, 15) is 18.0 Å². The molecule has 0 atom stereocenters. The quantitative estimate of drug-likeness (QED) is 0.921. The number of thiazole rings is 1. The van der Waals surface area contributed by atoms with Crippen molar-refractivity contribution in [2.24, 2.45) is 0 Å². The molecule has 20 heavy (non-hydrogen) atoms. The van der Waals surface area contributed by atoms with Gasteiger partial charge in [0.05, 0.1) is 0 Å². The zero-order valence-electron chi connectivity index (χ0n) is 10.4. The molecule has 0 spiro atoms. The Labute approximate surface area is 115 Å². The topological polar surface area (TPSA) is 63.1 Å². The number of aromatic nitrogens is 2. The van der Waals surface area contributed by atoms with Gasteiger partial charge in [0.25, 0.3) is 0 Å². The second-order valence-electron chi connectivity index (χ2n) is 4.18. The van der Waals surface area contributed by atoms with Gasteiger partial charge in [0.1, 0.15) is 15.6 Å². The van der Waals surface area contributed by atoms with E-state index in [1.165, 1.54) is 6.20 Å². The molecule has 2 aromatic rings. The van der Waals surface area contributed by atoms with Crippen LogP contribution in [0.5, 0.6) is 0 Å². The van der Waals surface area contributed by atoms with Crippen molar-refractivity contribution in [3.05, 3.63) is 34.0 Å². The van der Waals surface area contributed by atoms with Gasteiger partial charge in [-0.15, -0.1) is 11.3 Å². The second kappa shape index (κ2) is 4.86. The number of halogens is 3. The van der Waals surface area contributed by atoms with E-state index in [0.717, 1.165) is 5.56 Å². The van der Waals surface area contributed by atoms with Crippen molar-refractivity contribution >= 4 is 17.3 Å². The highest BCUT2D eigenvalue weighted by Gasteiger charge is 2.40. The monoisotopic (exact) mass is 302 g/mol. The maximum Gasteiger partial charge on any atom is 0.435 e. The van der Waals surface area contributed by atoms with E-state index < -0.39 is 22.7 Å². The zero-order chi connectivity index (χ0) is 15.1. The number of pyridine rings is 1. The van der Waals surface area contributed by atoms with Crippen LogP contribution in [-0.4, -0.2) is 21.0 Å². The molecule has 0 bridgehead atoms. The molecule has 0 aliphatic rings. The number of nitrogens with zero attached hydrogens (tertiary/aromatic N) is 2. The minimum absolute atomic E-state index is 0.0489. The third-order valence-electron chi connectivity index (χ3n) is 2.51. The smallest absolute Gasteiger partial charge is 0.435 e. The summed E-state index contributed by atoms with van der Waals surface area (Å²) in [4.78, 5) is 17.5. The molecule has 1 N–H and O–H groups in total. The number of aromatic carboxylic acids is 1. The summed E-state index contributed by atoms with van der Waals surface area (Å²) in [6.07, 6.45) is -3.31. The van der Waals surface area contributed by atoms with Crippen LogP contribution < -0.4 is 0 Å². The van der Waals surface area contributed by atoms with Gasteiger partial charge >= 0.3 is 12.1 Å². The van der Waals surface area contributed by atoms with Crippen LogP contribution >= 0.6 is 11.3 Å². The molecule has 0 amide bonds.